The molecule has 2 rings (SSSR count). The smallest absolute Gasteiger partial charge is 0.120 e. The van der Waals surface area contributed by atoms with E-state index in [1.54, 1.807) is 0 Å². The van der Waals surface area contributed by atoms with Crippen molar-refractivity contribution >= 4 is 5.69 Å². The first-order valence-electron chi connectivity index (χ1n) is 6.68. The van der Waals surface area contributed by atoms with Crippen LogP contribution in [0.15, 0.2) is 18.2 Å². The van der Waals surface area contributed by atoms with Crippen molar-refractivity contribution in [1.82, 2.24) is 0 Å². The van der Waals surface area contributed by atoms with Crippen LogP contribution in [0.4, 0.5) is 5.69 Å². The summed E-state index contributed by atoms with van der Waals surface area (Å²) in [4.78, 5) is 0. The second-order valence-corrected chi connectivity index (χ2v) is 5.51. The van der Waals surface area contributed by atoms with Gasteiger partial charge < -0.3 is 10.4 Å². The van der Waals surface area contributed by atoms with Gasteiger partial charge in [-0.3, -0.25) is 0 Å². The Labute approximate surface area is 104 Å². The van der Waals surface area contributed by atoms with Crippen LogP contribution in [0.2, 0.25) is 0 Å². The molecule has 0 heterocycles. The molecule has 1 fully saturated rings. The van der Waals surface area contributed by atoms with Gasteiger partial charge in [0.2, 0.25) is 0 Å². The molecule has 0 aliphatic heterocycles. The van der Waals surface area contributed by atoms with Crippen LogP contribution in [0.3, 0.4) is 0 Å². The van der Waals surface area contributed by atoms with E-state index in [1.165, 1.54) is 25.7 Å². The average Bonchev–Trinajstić information content (AvgIpc) is 2.33. The van der Waals surface area contributed by atoms with Gasteiger partial charge in [0, 0.05) is 18.3 Å². The Balaban J connectivity index is 1.83. The van der Waals surface area contributed by atoms with E-state index in [-0.39, 0.29) is 0 Å². The molecular formula is C15H23NO. The minimum Gasteiger partial charge on any atom is -0.508 e. The zero-order valence-corrected chi connectivity index (χ0v) is 10.9. The minimum atomic E-state index is 0.382. The van der Waals surface area contributed by atoms with E-state index < -0.39 is 0 Å². The lowest BCUT2D eigenvalue weighted by molar-refractivity contribution is 0.300. The van der Waals surface area contributed by atoms with Crippen molar-refractivity contribution in [3.05, 3.63) is 23.8 Å². The zero-order valence-electron chi connectivity index (χ0n) is 10.9. The summed E-state index contributed by atoms with van der Waals surface area (Å²) in [6.07, 6.45) is 5.41. The van der Waals surface area contributed by atoms with Crippen LogP contribution >= 0.6 is 0 Å². The molecule has 1 saturated carbocycles. The Morgan fingerprint density at radius 3 is 2.59 bits per heavy atom. The van der Waals surface area contributed by atoms with Gasteiger partial charge in [-0.25, -0.2) is 0 Å². The fraction of sp³-hybridized carbons (Fsp3) is 0.600. The third-order valence-electron chi connectivity index (χ3n) is 3.94. The summed E-state index contributed by atoms with van der Waals surface area (Å²) in [7, 11) is 0. The Morgan fingerprint density at radius 2 is 1.94 bits per heavy atom. The van der Waals surface area contributed by atoms with Gasteiger partial charge in [-0.15, -0.1) is 0 Å². The number of hydrogen-bond acceptors (Lipinski definition) is 2. The van der Waals surface area contributed by atoms with Gasteiger partial charge in [0.05, 0.1) is 0 Å². The lowest BCUT2D eigenvalue weighted by atomic mass is 9.83. The summed E-state index contributed by atoms with van der Waals surface area (Å²) in [5, 5.41) is 13.1. The predicted octanol–water partition coefficient (Wildman–Crippen LogP) is 3.94. The zero-order chi connectivity index (χ0) is 12.3. The molecule has 0 spiro atoms. The molecule has 1 aromatic carbocycles. The second-order valence-electron chi connectivity index (χ2n) is 5.51. The molecule has 1 aliphatic carbocycles. The standard InChI is InChI=1S/C15H23NO/c1-11-3-6-13(7-4-11)10-16-14-8-5-12(2)15(17)9-14/h5,8-9,11,13,16-17H,3-4,6-7,10H2,1-2H3. The van der Waals surface area contributed by atoms with Crippen LogP contribution in [0.1, 0.15) is 38.2 Å². The van der Waals surface area contributed by atoms with Crippen LogP contribution in [0.5, 0.6) is 5.75 Å². The average molecular weight is 233 g/mol. The Hall–Kier alpha value is -1.18. The molecule has 2 heteroatoms. The summed E-state index contributed by atoms with van der Waals surface area (Å²) < 4.78 is 0. The van der Waals surface area contributed by atoms with Gasteiger partial charge in [0.15, 0.2) is 0 Å². The SMILES string of the molecule is Cc1ccc(NCC2CCC(C)CC2)cc1O. The number of phenols is 1. The van der Waals surface area contributed by atoms with E-state index in [9.17, 15) is 5.11 Å². The summed E-state index contributed by atoms with van der Waals surface area (Å²) in [5.74, 6) is 2.09. The maximum Gasteiger partial charge on any atom is 0.120 e. The maximum atomic E-state index is 9.63. The van der Waals surface area contributed by atoms with E-state index >= 15 is 0 Å². The van der Waals surface area contributed by atoms with Gasteiger partial charge in [-0.05, 0) is 43.2 Å². The van der Waals surface area contributed by atoms with Crippen molar-refractivity contribution in [2.24, 2.45) is 11.8 Å². The van der Waals surface area contributed by atoms with Gasteiger partial charge in [-0.1, -0.05) is 25.8 Å². The molecule has 94 valence electrons. The molecule has 17 heavy (non-hydrogen) atoms. The number of benzene rings is 1. The molecule has 0 aromatic heterocycles. The monoisotopic (exact) mass is 233 g/mol. The first kappa shape index (κ1) is 12.3. The molecule has 0 saturated heterocycles. The van der Waals surface area contributed by atoms with E-state index in [4.69, 9.17) is 0 Å². The number of hydrogen-bond donors (Lipinski definition) is 2. The van der Waals surface area contributed by atoms with E-state index in [2.05, 4.69) is 12.2 Å². The third-order valence-corrected chi connectivity index (χ3v) is 3.94. The fourth-order valence-corrected chi connectivity index (χ4v) is 2.51. The third kappa shape index (κ3) is 3.39. The van der Waals surface area contributed by atoms with Gasteiger partial charge >= 0.3 is 0 Å². The number of rotatable bonds is 3. The largest absolute Gasteiger partial charge is 0.508 e. The van der Waals surface area contributed by atoms with E-state index in [0.29, 0.717) is 5.75 Å². The maximum absolute atomic E-state index is 9.63. The van der Waals surface area contributed by atoms with Crippen molar-refractivity contribution in [1.29, 1.82) is 0 Å². The van der Waals surface area contributed by atoms with Crippen LogP contribution in [-0.2, 0) is 0 Å². The highest BCUT2D eigenvalue weighted by Crippen LogP contribution is 2.29. The number of anilines is 1. The minimum absolute atomic E-state index is 0.382. The van der Waals surface area contributed by atoms with E-state index in [1.807, 2.05) is 25.1 Å². The fourth-order valence-electron chi connectivity index (χ4n) is 2.51. The van der Waals surface area contributed by atoms with Crippen molar-refractivity contribution in [2.75, 3.05) is 11.9 Å². The topological polar surface area (TPSA) is 32.3 Å². The molecule has 0 radical (unpaired) electrons. The van der Waals surface area contributed by atoms with Crippen LogP contribution < -0.4 is 5.32 Å². The van der Waals surface area contributed by atoms with Gasteiger partial charge in [0.25, 0.3) is 0 Å². The Kier molecular flexibility index (Phi) is 3.93. The van der Waals surface area contributed by atoms with Crippen molar-refractivity contribution < 1.29 is 5.11 Å². The highest BCUT2D eigenvalue weighted by Gasteiger charge is 2.17. The first-order chi connectivity index (χ1) is 8.15. The summed E-state index contributed by atoms with van der Waals surface area (Å²) in [6, 6.07) is 5.82. The summed E-state index contributed by atoms with van der Waals surface area (Å²) in [5.41, 5.74) is 1.97. The number of nitrogens with one attached hydrogen (secondary N) is 1. The highest BCUT2D eigenvalue weighted by molar-refractivity contribution is 5.50. The Bertz CT molecular complexity index is 367. The molecule has 1 aliphatic rings. The first-order valence-corrected chi connectivity index (χ1v) is 6.68. The van der Waals surface area contributed by atoms with Crippen molar-refractivity contribution in [3.63, 3.8) is 0 Å². The van der Waals surface area contributed by atoms with Crippen molar-refractivity contribution in [2.45, 2.75) is 39.5 Å². The summed E-state index contributed by atoms with van der Waals surface area (Å²) >= 11 is 0. The predicted molar refractivity (Wildman–Crippen MR) is 72.5 cm³/mol. The molecular weight excluding hydrogens is 210 g/mol. The number of aryl methyl sites for hydroxylation is 1. The van der Waals surface area contributed by atoms with Gasteiger partial charge in [-0.2, -0.15) is 0 Å². The van der Waals surface area contributed by atoms with Crippen molar-refractivity contribution in [3.8, 4) is 5.75 Å². The molecule has 0 atom stereocenters. The second kappa shape index (κ2) is 5.44. The van der Waals surface area contributed by atoms with Crippen LogP contribution in [0.25, 0.3) is 0 Å². The van der Waals surface area contributed by atoms with Crippen LogP contribution in [-0.4, -0.2) is 11.7 Å². The van der Waals surface area contributed by atoms with Crippen LogP contribution in [0, 0.1) is 18.8 Å². The highest BCUT2D eigenvalue weighted by atomic mass is 16.3. The lowest BCUT2D eigenvalue weighted by Crippen LogP contribution is -2.20. The quantitative estimate of drug-likeness (QED) is 0.828. The molecule has 2 nitrogen and oxygen atoms in total. The molecule has 0 amide bonds. The number of phenolic OH excluding ortho intramolecular Hbond substituents is 1. The van der Waals surface area contributed by atoms with E-state index in [0.717, 1.165) is 29.6 Å². The Morgan fingerprint density at radius 1 is 1.24 bits per heavy atom. The molecule has 2 N–H and O–H groups in total. The normalized spacial score (nSPS) is 24.6. The molecule has 0 bridgehead atoms. The number of aromatic hydroxyl groups is 1. The molecule has 1 aromatic rings. The lowest BCUT2D eigenvalue weighted by Gasteiger charge is -2.26. The molecule has 0 unspecified atom stereocenters. The van der Waals surface area contributed by atoms with Gasteiger partial charge in [0.1, 0.15) is 5.75 Å². The summed E-state index contributed by atoms with van der Waals surface area (Å²) in [6.45, 7) is 5.30.